The molecule has 24 heavy (non-hydrogen) atoms. The number of aldehydes is 1. The minimum atomic E-state index is -0.809. The second-order valence-corrected chi connectivity index (χ2v) is 5.04. The van der Waals surface area contributed by atoms with Gasteiger partial charge in [0, 0.05) is 70.8 Å². The normalized spacial score (nSPS) is 13.0. The van der Waals surface area contributed by atoms with E-state index in [1.807, 2.05) is 36.4 Å². The molecule has 2 aromatic rings. The van der Waals surface area contributed by atoms with Crippen molar-refractivity contribution in [2.45, 2.75) is 11.8 Å². The fourth-order valence-electron chi connectivity index (χ4n) is 2.33. The minimum Gasteiger partial charge on any atom is -0.393 e. The molecule has 0 aliphatic heterocycles. The van der Waals surface area contributed by atoms with Crippen LogP contribution in [0.25, 0.3) is 5.57 Å². The quantitative estimate of drug-likeness (QED) is 0.385. The third-order valence-electron chi connectivity index (χ3n) is 3.75. The van der Waals surface area contributed by atoms with Gasteiger partial charge >= 0.3 is 0 Å². The van der Waals surface area contributed by atoms with Gasteiger partial charge in [-0.05, 0) is 6.42 Å². The van der Waals surface area contributed by atoms with E-state index >= 15 is 0 Å². The van der Waals surface area contributed by atoms with E-state index in [0.29, 0.717) is 6.42 Å². The van der Waals surface area contributed by atoms with Crippen LogP contribution in [0.3, 0.4) is 0 Å². The molecule has 4 heteroatoms. The molecule has 0 saturated carbocycles. The summed E-state index contributed by atoms with van der Waals surface area (Å²) in [6.07, 6.45) is 4.85. The Bertz CT molecular complexity index is 644. The molecule has 2 rings (SSSR count). The van der Waals surface area contributed by atoms with E-state index in [2.05, 4.69) is 18.7 Å². The van der Waals surface area contributed by atoms with Gasteiger partial charge < -0.3 is 9.90 Å². The third-order valence-corrected chi connectivity index (χ3v) is 3.75. The summed E-state index contributed by atoms with van der Waals surface area (Å²) >= 11 is 0. The largest absolute Gasteiger partial charge is 0.393 e. The molecule has 0 aromatic heterocycles. The molecule has 1 N–H and O–H groups in total. The summed E-state index contributed by atoms with van der Waals surface area (Å²) in [6.45, 7) is 3.72. The minimum absolute atomic E-state index is 0. The number of benzene rings is 2. The van der Waals surface area contributed by atoms with Crippen LogP contribution < -0.4 is 0 Å². The van der Waals surface area contributed by atoms with E-state index in [0.717, 1.165) is 23.0 Å². The van der Waals surface area contributed by atoms with Gasteiger partial charge in [0.1, 0.15) is 6.29 Å². The summed E-state index contributed by atoms with van der Waals surface area (Å²) in [7, 11) is 0. The molecule has 0 amide bonds. The van der Waals surface area contributed by atoms with Crippen molar-refractivity contribution >= 4 is 11.9 Å². The summed E-state index contributed by atoms with van der Waals surface area (Å²) in [6, 6.07) is 20.7. The Hall–Kier alpha value is -0.242. The second kappa shape index (κ2) is 12.2. The molecule has 0 saturated heterocycles. The van der Waals surface area contributed by atoms with Gasteiger partial charge in [-0.15, -0.1) is 17.7 Å². The average molecular weight is 468 g/mol. The maximum Gasteiger partial charge on any atom is 0.123 e. The number of hydrogen-bond acceptors (Lipinski definition) is 2. The molecule has 0 bridgehead atoms. The van der Waals surface area contributed by atoms with E-state index in [1.54, 1.807) is 24.3 Å². The SMILES string of the molecule is C=C[C@](C=O)(C/C=C(\CO)c1c[c-]ccc1)c1c[c-]ccc1.[Y].[Y]. The Morgan fingerprint density at radius 2 is 1.83 bits per heavy atom. The average Bonchev–Trinajstić information content (AvgIpc) is 2.61. The first-order valence-electron chi connectivity index (χ1n) is 7.08. The van der Waals surface area contributed by atoms with E-state index < -0.39 is 5.41 Å². The number of carbonyl (C=O) groups excluding carboxylic acids is 1. The number of hydrogen-bond donors (Lipinski definition) is 1. The number of rotatable bonds is 7. The summed E-state index contributed by atoms with van der Waals surface area (Å²) < 4.78 is 0. The number of aliphatic hydroxyl groups excluding tert-OH is 1. The van der Waals surface area contributed by atoms with Gasteiger partial charge in [0.2, 0.25) is 0 Å². The van der Waals surface area contributed by atoms with Gasteiger partial charge in [-0.3, -0.25) is 0 Å². The Morgan fingerprint density at radius 1 is 1.17 bits per heavy atom. The molecule has 0 aliphatic carbocycles. The zero-order valence-corrected chi connectivity index (χ0v) is 19.2. The predicted molar refractivity (Wildman–Crippen MR) is 88.2 cm³/mol. The number of carbonyl (C=O) groups is 1. The van der Waals surface area contributed by atoms with Crippen LogP contribution in [0.15, 0.2) is 67.3 Å². The molecule has 2 aromatic carbocycles. The van der Waals surface area contributed by atoms with Crippen LogP contribution >= 0.6 is 0 Å². The van der Waals surface area contributed by atoms with E-state index in [4.69, 9.17) is 0 Å². The standard InChI is InChI=1S/C20H18O2.2Y/c1-2-20(16-22,19-11-7-4-8-12-19)14-13-18(15-21)17-9-5-3-6-10-17;;/h2-5,7,9-13,16,21H,1,14-15H2;;/q-2;;/b18-13+;;/t20-;;/m1../s1. The summed E-state index contributed by atoms with van der Waals surface area (Å²) in [5.41, 5.74) is 1.70. The van der Waals surface area contributed by atoms with Crippen molar-refractivity contribution in [3.63, 3.8) is 0 Å². The van der Waals surface area contributed by atoms with Crippen molar-refractivity contribution in [2.75, 3.05) is 6.61 Å². The molecule has 2 nitrogen and oxygen atoms in total. The van der Waals surface area contributed by atoms with Gasteiger partial charge in [-0.1, -0.05) is 17.7 Å². The van der Waals surface area contributed by atoms with Crippen molar-refractivity contribution < 1.29 is 75.3 Å². The topological polar surface area (TPSA) is 37.3 Å². The van der Waals surface area contributed by atoms with Crippen molar-refractivity contribution in [2.24, 2.45) is 0 Å². The van der Waals surface area contributed by atoms with Crippen LogP contribution in [-0.2, 0) is 75.6 Å². The van der Waals surface area contributed by atoms with Crippen molar-refractivity contribution in [1.82, 2.24) is 0 Å². The van der Waals surface area contributed by atoms with Crippen LogP contribution in [0.5, 0.6) is 0 Å². The fourth-order valence-corrected chi connectivity index (χ4v) is 2.33. The number of aliphatic hydroxyl groups is 1. The van der Waals surface area contributed by atoms with Crippen molar-refractivity contribution in [1.29, 1.82) is 0 Å². The molecule has 118 valence electrons. The smallest absolute Gasteiger partial charge is 0.123 e. The molecule has 2 radical (unpaired) electrons. The van der Waals surface area contributed by atoms with Crippen molar-refractivity contribution in [3.05, 3.63) is 90.5 Å². The summed E-state index contributed by atoms with van der Waals surface area (Å²) in [4.78, 5) is 11.7. The van der Waals surface area contributed by atoms with Crippen LogP contribution in [-0.4, -0.2) is 18.0 Å². The van der Waals surface area contributed by atoms with Crippen LogP contribution in [0, 0.1) is 12.1 Å². The van der Waals surface area contributed by atoms with Crippen LogP contribution in [0.1, 0.15) is 17.5 Å². The maximum atomic E-state index is 11.7. The van der Waals surface area contributed by atoms with Gasteiger partial charge in [0.15, 0.2) is 0 Å². The first-order chi connectivity index (χ1) is 10.8. The third kappa shape index (κ3) is 5.93. The van der Waals surface area contributed by atoms with Gasteiger partial charge in [0.25, 0.3) is 0 Å². The van der Waals surface area contributed by atoms with E-state index in [9.17, 15) is 9.90 Å². The zero-order valence-electron chi connectivity index (χ0n) is 13.5. The van der Waals surface area contributed by atoms with Crippen molar-refractivity contribution in [3.8, 4) is 0 Å². The Kier molecular flexibility index (Phi) is 12.0. The van der Waals surface area contributed by atoms with Gasteiger partial charge in [-0.25, -0.2) is 0 Å². The first-order valence-corrected chi connectivity index (χ1v) is 7.08. The molecule has 0 aliphatic rings. The molecule has 0 spiro atoms. The monoisotopic (exact) mass is 468 g/mol. The Morgan fingerprint density at radius 3 is 2.29 bits per heavy atom. The van der Waals surface area contributed by atoms with Crippen LogP contribution in [0.4, 0.5) is 0 Å². The van der Waals surface area contributed by atoms with Crippen LogP contribution in [0.2, 0.25) is 0 Å². The van der Waals surface area contributed by atoms with Gasteiger partial charge in [0.05, 0.1) is 6.61 Å². The maximum absolute atomic E-state index is 11.7. The second-order valence-electron chi connectivity index (χ2n) is 5.04. The molecule has 0 fully saturated rings. The van der Waals surface area contributed by atoms with E-state index in [-0.39, 0.29) is 72.0 Å². The Labute approximate surface area is 194 Å². The first kappa shape index (κ1) is 23.8. The summed E-state index contributed by atoms with van der Waals surface area (Å²) in [5, 5.41) is 9.59. The summed E-state index contributed by atoms with van der Waals surface area (Å²) in [5.74, 6) is 0. The molecular weight excluding hydrogens is 450 g/mol. The fraction of sp³-hybridized carbons (Fsp3) is 0.150. The van der Waals surface area contributed by atoms with Gasteiger partial charge in [-0.2, -0.15) is 60.7 Å². The number of allylic oxidation sites excluding steroid dienone is 2. The Balaban J connectivity index is 0.00000264. The zero-order chi connectivity index (χ0) is 15.8. The molecule has 1 atom stereocenters. The molecule has 0 heterocycles. The molecule has 0 unspecified atom stereocenters. The molecular formula is C20H18O2Y2-2. The van der Waals surface area contributed by atoms with E-state index in [1.165, 1.54) is 0 Å². The predicted octanol–water partition coefficient (Wildman–Crippen LogP) is 3.37.